The Morgan fingerprint density at radius 3 is 2.67 bits per heavy atom. The second-order valence-corrected chi connectivity index (χ2v) is 0.504. The van der Waals surface area contributed by atoms with E-state index in [-0.39, 0.29) is 0 Å². The van der Waals surface area contributed by atoms with Crippen LogP contribution < -0.4 is 5.73 Å². The molecule has 0 aliphatic rings. The summed E-state index contributed by atoms with van der Waals surface area (Å²) < 4.78 is 9.36. The van der Waals surface area contributed by atoms with E-state index in [4.69, 9.17) is 1.37 Å². The Morgan fingerprint density at radius 1 is 2.17 bits per heavy atom. The van der Waals surface area contributed by atoms with E-state index in [0.717, 1.165) is 0 Å². The van der Waals surface area contributed by atoms with Gasteiger partial charge in [-0.2, -0.15) is 0 Å². The number of primary amides is 1. The summed E-state index contributed by atoms with van der Waals surface area (Å²) in [5, 5.41) is 0. The molecule has 0 atom stereocenters. The zero-order valence-electron chi connectivity index (χ0n) is 3.80. The second-order valence-electron chi connectivity index (χ2n) is 0.504. The summed E-state index contributed by atoms with van der Waals surface area (Å²) in [4.78, 5) is 18.9. The van der Waals surface area contributed by atoms with Crippen LogP contribution in [0.25, 0.3) is 0 Å². The number of rotatable bonds is 0. The summed E-state index contributed by atoms with van der Waals surface area (Å²) in [5.41, 5.74) is 4.29. The maximum absolute atomic E-state index is 9.47. The lowest BCUT2D eigenvalue weighted by Gasteiger charge is -1.79. The summed E-state index contributed by atoms with van der Waals surface area (Å²) in [6, 6.07) is 0. The van der Waals surface area contributed by atoms with Crippen LogP contribution >= 0.6 is 0 Å². The van der Waals surface area contributed by atoms with Gasteiger partial charge in [0.1, 0.15) is 0 Å². The van der Waals surface area contributed by atoms with Gasteiger partial charge in [0.05, 0.1) is 0 Å². The van der Waals surface area contributed by atoms with Crippen molar-refractivity contribution < 1.29 is 15.7 Å². The number of nitrogens with two attached hydrogens (primary N) is 1. The molecule has 0 saturated heterocycles. The molecule has 0 spiro atoms. The Balaban J connectivity index is 3.32. The van der Waals surface area contributed by atoms with Crippen LogP contribution in [0.5, 0.6) is 0 Å². The first-order valence-corrected chi connectivity index (χ1v) is 1.11. The Labute approximate surface area is 35.3 Å². The Hall–Kier alpha value is -1.06. The standard InChI is InChI=1S/C2H3NO3/c3-2(5)6-1-4/h1H,(H2,3,5)/i1D. The zero-order chi connectivity index (χ0) is 5.86. The predicted molar refractivity (Wildman–Crippen MR) is 16.7 cm³/mol. The van der Waals surface area contributed by atoms with E-state index in [1.807, 2.05) is 0 Å². The van der Waals surface area contributed by atoms with Crippen LogP contribution in [-0.4, -0.2) is 12.5 Å². The molecule has 0 aromatic carbocycles. The molecule has 0 radical (unpaired) electrons. The highest BCUT2D eigenvalue weighted by Crippen LogP contribution is 1.57. The summed E-state index contributed by atoms with van der Waals surface area (Å²) in [5.74, 6) is 0. The molecule has 0 aliphatic heterocycles. The van der Waals surface area contributed by atoms with E-state index in [1.54, 1.807) is 0 Å². The number of amides is 1. The molecule has 0 heterocycles. The molecule has 0 unspecified atom stereocenters. The average molecular weight is 90.1 g/mol. The van der Waals surface area contributed by atoms with Gasteiger partial charge in [-0.25, -0.2) is 4.79 Å². The van der Waals surface area contributed by atoms with Crippen molar-refractivity contribution in [1.82, 2.24) is 0 Å². The lowest BCUT2D eigenvalue weighted by molar-refractivity contribution is -0.123. The van der Waals surface area contributed by atoms with Gasteiger partial charge in [0, 0.05) is 0 Å². The molecule has 4 heteroatoms. The lowest BCUT2D eigenvalue weighted by atomic mass is 11.2. The van der Waals surface area contributed by atoms with Crippen molar-refractivity contribution in [2.24, 2.45) is 5.73 Å². The molecule has 0 aromatic rings. The van der Waals surface area contributed by atoms with Crippen molar-refractivity contribution in [3.63, 3.8) is 0 Å². The molecule has 0 bridgehead atoms. The van der Waals surface area contributed by atoms with Gasteiger partial charge in [-0.15, -0.1) is 0 Å². The zero-order valence-corrected chi connectivity index (χ0v) is 2.80. The van der Waals surface area contributed by atoms with Gasteiger partial charge >= 0.3 is 12.5 Å². The van der Waals surface area contributed by atoms with E-state index >= 15 is 0 Å². The van der Waals surface area contributed by atoms with E-state index < -0.39 is 12.5 Å². The third kappa shape index (κ3) is 2.94. The van der Waals surface area contributed by atoms with Crippen molar-refractivity contribution in [3.8, 4) is 0 Å². The lowest BCUT2D eigenvalue weighted by Crippen LogP contribution is -2.10. The van der Waals surface area contributed by atoms with Crippen LogP contribution in [0.15, 0.2) is 0 Å². The van der Waals surface area contributed by atoms with Gasteiger partial charge in [0.2, 0.25) is 0 Å². The summed E-state index contributed by atoms with van der Waals surface area (Å²) >= 11 is 0. The highest BCUT2D eigenvalue weighted by Gasteiger charge is 1.83. The minimum absolute atomic E-state index is 1.25. The van der Waals surface area contributed by atoms with Crippen molar-refractivity contribution in [1.29, 1.82) is 0 Å². The first-order valence-electron chi connectivity index (χ1n) is 1.61. The van der Waals surface area contributed by atoms with E-state index in [0.29, 0.717) is 0 Å². The fourth-order valence-corrected chi connectivity index (χ4v) is 0.0411. The van der Waals surface area contributed by atoms with Crippen LogP contribution in [0.1, 0.15) is 1.37 Å². The van der Waals surface area contributed by atoms with Crippen molar-refractivity contribution in [3.05, 3.63) is 0 Å². The van der Waals surface area contributed by atoms with E-state index in [1.165, 1.54) is 0 Å². The van der Waals surface area contributed by atoms with Gasteiger partial charge < -0.3 is 10.5 Å². The maximum Gasteiger partial charge on any atom is 0.412 e. The second kappa shape index (κ2) is 2.19. The molecule has 0 saturated carbocycles. The molecular formula is C2H3NO3. The number of carbonyl (C=O) groups is 2. The van der Waals surface area contributed by atoms with Crippen LogP contribution in [0.4, 0.5) is 4.79 Å². The minimum atomic E-state index is -1.44. The maximum atomic E-state index is 9.47. The number of hydrogen-bond donors (Lipinski definition) is 1. The third-order valence-corrected chi connectivity index (χ3v) is 0.142. The van der Waals surface area contributed by atoms with Gasteiger partial charge in [-0.3, -0.25) is 4.79 Å². The molecule has 2 N–H and O–H groups in total. The van der Waals surface area contributed by atoms with Gasteiger partial charge in [0.15, 0.2) is 1.37 Å². The van der Waals surface area contributed by atoms with Crippen LogP contribution in [0.2, 0.25) is 0 Å². The van der Waals surface area contributed by atoms with Gasteiger partial charge in [0.25, 0.3) is 0 Å². The molecule has 0 aromatic heterocycles. The van der Waals surface area contributed by atoms with Crippen molar-refractivity contribution in [2.45, 2.75) is 0 Å². The monoisotopic (exact) mass is 90.0 g/mol. The highest BCUT2D eigenvalue weighted by atomic mass is 16.6. The van der Waals surface area contributed by atoms with E-state index in [9.17, 15) is 9.59 Å². The summed E-state index contributed by atoms with van der Waals surface area (Å²) in [7, 11) is 0. The molecule has 4 nitrogen and oxygen atoms in total. The summed E-state index contributed by atoms with van der Waals surface area (Å²) in [6.07, 6.45) is -2.69. The molecule has 0 fully saturated rings. The smallest absolute Gasteiger partial charge is 0.379 e. The van der Waals surface area contributed by atoms with Crippen LogP contribution in [0, 0.1) is 0 Å². The fourth-order valence-electron chi connectivity index (χ4n) is 0.0411. The van der Waals surface area contributed by atoms with Crippen molar-refractivity contribution >= 4 is 12.5 Å². The Kier molecular flexibility index (Phi) is 1.15. The molecule has 0 aliphatic carbocycles. The topological polar surface area (TPSA) is 69.4 Å². The van der Waals surface area contributed by atoms with Crippen LogP contribution in [-0.2, 0) is 9.53 Å². The number of hydrogen-bond acceptors (Lipinski definition) is 3. The van der Waals surface area contributed by atoms with Crippen molar-refractivity contribution in [2.75, 3.05) is 0 Å². The first kappa shape index (κ1) is 3.14. The van der Waals surface area contributed by atoms with Crippen LogP contribution in [0.3, 0.4) is 0 Å². The average Bonchev–Trinajstić information content (AvgIpc) is 1.27. The van der Waals surface area contributed by atoms with Gasteiger partial charge in [-0.05, 0) is 0 Å². The third-order valence-electron chi connectivity index (χ3n) is 0.142. The first-order chi connectivity index (χ1) is 3.13. The Bertz CT molecular complexity index is 89.1. The quantitative estimate of drug-likeness (QED) is 0.314. The van der Waals surface area contributed by atoms with Gasteiger partial charge in [-0.1, -0.05) is 0 Å². The molecular weight excluding hydrogens is 86.0 g/mol. The number of ether oxygens (including phenoxy) is 1. The molecule has 1 amide bonds. The summed E-state index contributed by atoms with van der Waals surface area (Å²) in [6.45, 7) is 0. The molecule has 34 valence electrons. The van der Waals surface area contributed by atoms with E-state index in [2.05, 4.69) is 10.5 Å². The molecule has 0 rings (SSSR count). The largest absolute Gasteiger partial charge is 0.412 e. The highest BCUT2D eigenvalue weighted by molar-refractivity contribution is 5.72. The predicted octanol–water partition coefficient (Wildman–Crippen LogP) is -0.762. The Morgan fingerprint density at radius 2 is 2.67 bits per heavy atom. The fraction of sp³-hybridized carbons (Fsp3) is 0. The SMILES string of the molecule is [2H]C(=O)OC(N)=O. The molecule has 6 heavy (non-hydrogen) atoms. The number of carbonyl (C=O) groups excluding carboxylic acids is 2. The normalized spacial score (nSPS) is 9.00. The minimum Gasteiger partial charge on any atom is -0.379 e.